The Morgan fingerprint density at radius 3 is 2.50 bits per heavy atom. The zero-order valence-corrected chi connectivity index (χ0v) is 27.2. The third kappa shape index (κ3) is 5.00. The van der Waals surface area contributed by atoms with Crippen molar-refractivity contribution in [3.05, 3.63) is 28.9 Å². The smallest absolute Gasteiger partial charge is 0.303 e. The average Bonchev–Trinajstić information content (AvgIpc) is 3.47. The number of aromatic nitrogens is 2. The van der Waals surface area contributed by atoms with Crippen LogP contribution in [0.4, 0.5) is 0 Å². The number of hydrogen-bond donors (Lipinski definition) is 2. The number of esters is 1. The maximum atomic E-state index is 12.6. The highest BCUT2D eigenvalue weighted by Crippen LogP contribution is 2.74. The molecule has 4 fully saturated rings. The molecule has 7 nitrogen and oxygen atoms in total. The number of aliphatic hydroxyl groups excluding tert-OH is 2. The largest absolute Gasteiger partial charge is 0.458 e. The van der Waals surface area contributed by atoms with Gasteiger partial charge in [0.15, 0.2) is 5.82 Å². The quantitative estimate of drug-likeness (QED) is 0.261. The molecule has 2 N–H and O–H groups in total. The summed E-state index contributed by atoms with van der Waals surface area (Å²) < 4.78 is 12.1. The molecule has 1 aromatic rings. The molecule has 0 aromatic carbocycles. The van der Waals surface area contributed by atoms with Gasteiger partial charge in [-0.15, -0.1) is 0 Å². The topological polar surface area (TPSA) is 106 Å². The Morgan fingerprint density at radius 2 is 1.83 bits per heavy atom. The summed E-state index contributed by atoms with van der Waals surface area (Å²) in [6, 6.07) is 0. The van der Waals surface area contributed by atoms with Crippen molar-refractivity contribution in [1.29, 1.82) is 0 Å². The lowest BCUT2D eigenvalue weighted by Gasteiger charge is -2.69. The van der Waals surface area contributed by atoms with E-state index in [0.29, 0.717) is 30.5 Å². The van der Waals surface area contributed by atoms with Gasteiger partial charge in [-0.25, -0.2) is 0 Å². The molecule has 0 radical (unpaired) electrons. The van der Waals surface area contributed by atoms with Crippen molar-refractivity contribution in [3.63, 3.8) is 0 Å². The number of carbonyl (C=O) groups excluding carboxylic acids is 1. The summed E-state index contributed by atoms with van der Waals surface area (Å²) in [4.78, 5) is 17.4. The third-order valence-corrected chi connectivity index (χ3v) is 12.5. The van der Waals surface area contributed by atoms with Crippen LogP contribution in [-0.2, 0) is 16.0 Å². The maximum absolute atomic E-state index is 12.6. The van der Waals surface area contributed by atoms with E-state index in [1.165, 1.54) is 12.5 Å². The maximum Gasteiger partial charge on any atom is 0.303 e. The van der Waals surface area contributed by atoms with Gasteiger partial charge in [0.2, 0.25) is 0 Å². The fourth-order valence-electron chi connectivity index (χ4n) is 10.5. The van der Waals surface area contributed by atoms with E-state index in [4.69, 9.17) is 14.2 Å². The molecule has 1 aromatic heterocycles. The van der Waals surface area contributed by atoms with Crippen LogP contribution in [0.1, 0.15) is 125 Å². The number of ether oxygens (including phenoxy) is 1. The number of rotatable bonds is 7. The molecule has 0 bridgehead atoms. The molecule has 10 atom stereocenters. The number of fused-ring (bicyclic) bond motifs is 5. The van der Waals surface area contributed by atoms with E-state index in [1.807, 2.05) is 0 Å². The van der Waals surface area contributed by atoms with E-state index in [9.17, 15) is 15.0 Å². The van der Waals surface area contributed by atoms with E-state index >= 15 is 0 Å². The summed E-state index contributed by atoms with van der Waals surface area (Å²) in [6.07, 6.45) is 9.45. The first-order valence-corrected chi connectivity index (χ1v) is 16.5. The zero-order chi connectivity index (χ0) is 30.6. The van der Waals surface area contributed by atoms with Crippen LogP contribution in [0.25, 0.3) is 5.57 Å². The summed E-state index contributed by atoms with van der Waals surface area (Å²) >= 11 is 0. The monoisotopic (exact) mass is 582 g/mol. The highest BCUT2D eigenvalue weighted by molar-refractivity contribution is 5.70. The number of hydrogen-bond acceptors (Lipinski definition) is 7. The van der Waals surface area contributed by atoms with Crippen molar-refractivity contribution >= 4 is 11.5 Å². The van der Waals surface area contributed by atoms with Crippen LogP contribution in [-0.4, -0.2) is 44.6 Å². The van der Waals surface area contributed by atoms with Crippen molar-refractivity contribution in [2.45, 2.75) is 138 Å². The first kappa shape index (κ1) is 31.4. The lowest BCUT2D eigenvalue weighted by molar-refractivity contribution is -0.234. The summed E-state index contributed by atoms with van der Waals surface area (Å²) in [5.74, 6) is 1.73. The molecular weight excluding hydrogens is 528 g/mol. The lowest BCUT2D eigenvalue weighted by atomic mass is 9.36. The summed E-state index contributed by atoms with van der Waals surface area (Å²) in [6.45, 7) is 17.2. The molecule has 0 saturated heterocycles. The van der Waals surface area contributed by atoms with Crippen LogP contribution in [0, 0.1) is 39.9 Å². The molecule has 42 heavy (non-hydrogen) atoms. The van der Waals surface area contributed by atoms with Gasteiger partial charge in [0.05, 0.1) is 12.2 Å². The van der Waals surface area contributed by atoms with Crippen molar-refractivity contribution in [1.82, 2.24) is 10.1 Å². The van der Waals surface area contributed by atoms with E-state index in [1.54, 1.807) is 0 Å². The van der Waals surface area contributed by atoms with Gasteiger partial charge in [0, 0.05) is 18.9 Å². The molecule has 4 saturated carbocycles. The third-order valence-electron chi connectivity index (χ3n) is 12.5. The Balaban J connectivity index is 1.64. The van der Waals surface area contributed by atoms with Gasteiger partial charge in [-0.2, -0.15) is 4.98 Å². The number of nitrogens with zero attached hydrogens (tertiary/aromatic N) is 2. The van der Waals surface area contributed by atoms with Crippen molar-refractivity contribution < 1.29 is 24.3 Å². The highest BCUT2D eigenvalue weighted by Gasteiger charge is 2.70. The van der Waals surface area contributed by atoms with Crippen LogP contribution in [0.2, 0.25) is 0 Å². The summed E-state index contributed by atoms with van der Waals surface area (Å²) in [5.41, 5.74) is 2.94. The molecule has 4 aliphatic carbocycles. The summed E-state index contributed by atoms with van der Waals surface area (Å²) in [7, 11) is 0. The Bertz CT molecular complexity index is 1230. The summed E-state index contributed by atoms with van der Waals surface area (Å²) in [5, 5.41) is 27.3. The average molecular weight is 583 g/mol. The predicted molar refractivity (Wildman–Crippen MR) is 163 cm³/mol. The first-order chi connectivity index (χ1) is 19.8. The fraction of sp³-hybridized carbons (Fsp3) is 0.800. The number of allylic oxidation sites excluding steroid dienone is 3. The van der Waals surface area contributed by atoms with Gasteiger partial charge in [-0.1, -0.05) is 51.4 Å². The Hall–Kier alpha value is -1.99. The second-order valence-electron chi connectivity index (χ2n) is 15.1. The standard InChI is InChI=1S/C35H54N2O5/c1-9-11-29-36-32(42-37-29)23(13-10-12-20(2)3)30-25-18-27(40)31-33(6)16-15-26(39)21(4)24(33)14-17-34(31,7)35(25,8)19-28(30)41-22(5)38/h12,21,24-28,31,39-40H,9-11,13-19H2,1-8H3/b30-23-/t21-,24-,25-,26+,27+,28-,31-,33-,34-,35-/m0/s1. The van der Waals surface area contributed by atoms with E-state index in [2.05, 4.69) is 59.7 Å². The Labute approximate surface area is 252 Å². The predicted octanol–water partition coefficient (Wildman–Crippen LogP) is 7.07. The number of carbonyl (C=O) groups is 1. The van der Waals surface area contributed by atoms with Crippen molar-refractivity contribution in [2.75, 3.05) is 0 Å². The van der Waals surface area contributed by atoms with Gasteiger partial charge in [-0.05, 0) is 117 Å². The lowest BCUT2D eigenvalue weighted by Crippen LogP contribution is -2.65. The van der Waals surface area contributed by atoms with E-state index < -0.39 is 6.10 Å². The molecule has 1 heterocycles. The molecule has 0 aliphatic heterocycles. The Kier molecular flexibility index (Phi) is 8.61. The zero-order valence-electron chi connectivity index (χ0n) is 27.2. The minimum Gasteiger partial charge on any atom is -0.458 e. The van der Waals surface area contributed by atoms with E-state index in [-0.39, 0.29) is 52.2 Å². The first-order valence-electron chi connectivity index (χ1n) is 16.5. The fourth-order valence-corrected chi connectivity index (χ4v) is 10.5. The number of aryl methyl sites for hydroxylation is 1. The second kappa shape index (κ2) is 11.5. The second-order valence-corrected chi connectivity index (χ2v) is 15.1. The molecule has 7 heteroatoms. The minimum absolute atomic E-state index is 0.0353. The van der Waals surface area contributed by atoms with Crippen LogP contribution in [0.5, 0.6) is 0 Å². The van der Waals surface area contributed by atoms with Gasteiger partial charge in [0.25, 0.3) is 5.89 Å². The van der Waals surface area contributed by atoms with E-state index in [0.717, 1.165) is 62.5 Å². The molecule has 0 amide bonds. The van der Waals surface area contributed by atoms with Gasteiger partial charge in [0.1, 0.15) is 6.10 Å². The molecular formula is C35H54N2O5. The SMILES string of the molecule is CCCc1noc(/C(CCC=C(C)C)=C2\[C@@H](OC(C)=O)C[C@@]3(C)[C@H]2C[C@@H](O)[C@H]2[C@@]4(C)CC[C@@H](O)[C@@H](C)[C@@H]4CC[C@@]23C)n1. The van der Waals surface area contributed by atoms with Crippen LogP contribution in [0.3, 0.4) is 0 Å². The van der Waals surface area contributed by atoms with Gasteiger partial charge in [-0.3, -0.25) is 4.79 Å². The highest BCUT2D eigenvalue weighted by atomic mass is 16.5. The minimum atomic E-state index is -0.480. The molecule has 4 aliphatic rings. The Morgan fingerprint density at radius 1 is 1.10 bits per heavy atom. The van der Waals surface area contributed by atoms with Crippen molar-refractivity contribution in [3.8, 4) is 0 Å². The van der Waals surface area contributed by atoms with Crippen LogP contribution < -0.4 is 0 Å². The van der Waals surface area contributed by atoms with Gasteiger partial charge < -0.3 is 19.5 Å². The molecule has 0 unspecified atom stereocenters. The normalized spacial score (nSPS) is 42.3. The van der Waals surface area contributed by atoms with Crippen molar-refractivity contribution in [2.24, 2.45) is 39.9 Å². The van der Waals surface area contributed by atoms with Gasteiger partial charge >= 0.3 is 5.97 Å². The van der Waals surface area contributed by atoms with Crippen LogP contribution in [0.15, 0.2) is 21.7 Å². The molecule has 5 rings (SSSR count). The van der Waals surface area contributed by atoms with Crippen LogP contribution >= 0.6 is 0 Å². The molecule has 234 valence electrons. The molecule has 0 spiro atoms. The number of aliphatic hydroxyl groups is 2.